The van der Waals surface area contributed by atoms with Gasteiger partial charge in [0, 0.05) is 25.3 Å². The summed E-state index contributed by atoms with van der Waals surface area (Å²) in [5, 5.41) is 8.98. The molecule has 1 aliphatic carbocycles. The number of nitrogens with zero attached hydrogens (tertiary/aromatic N) is 1. The molecule has 0 bridgehead atoms. The average molecular weight is 353 g/mol. The third-order valence-electron chi connectivity index (χ3n) is 4.21. The number of amides is 1. The summed E-state index contributed by atoms with van der Waals surface area (Å²) in [5.74, 6) is -3.53. The van der Waals surface area contributed by atoms with Crippen LogP contribution < -0.4 is 0 Å². The molecule has 1 aliphatic heterocycles. The van der Waals surface area contributed by atoms with E-state index in [9.17, 15) is 22.8 Å². The summed E-state index contributed by atoms with van der Waals surface area (Å²) < 4.78 is 43.6. The summed E-state index contributed by atoms with van der Waals surface area (Å²) in [7, 11) is 0. The van der Waals surface area contributed by atoms with Crippen molar-refractivity contribution in [2.75, 3.05) is 13.2 Å². The van der Waals surface area contributed by atoms with Gasteiger partial charge in [-0.1, -0.05) is 20.3 Å². The molecular weight excluding hydrogens is 327 g/mol. The molecule has 1 saturated heterocycles. The standard InChI is InChI=1S/C13H18F3NO4.C3H8/c14-13(15,16)12(20)17(9-3-5-21-6-4-9)10-2-1-8(7-10)11(18)19;1-3-2/h8-10H,1-7H2,(H,18,19);3H2,1-2H3. The van der Waals surface area contributed by atoms with Crippen molar-refractivity contribution in [3.05, 3.63) is 0 Å². The summed E-state index contributed by atoms with van der Waals surface area (Å²) >= 11 is 0. The minimum atomic E-state index is -4.93. The second kappa shape index (κ2) is 9.25. The fourth-order valence-electron chi connectivity index (χ4n) is 3.17. The maximum Gasteiger partial charge on any atom is 0.471 e. The molecule has 2 unspecified atom stereocenters. The van der Waals surface area contributed by atoms with Crippen LogP contribution in [0.3, 0.4) is 0 Å². The quantitative estimate of drug-likeness (QED) is 0.846. The van der Waals surface area contributed by atoms with Crippen molar-refractivity contribution in [2.45, 2.75) is 70.6 Å². The highest BCUT2D eigenvalue weighted by Gasteiger charge is 2.49. The van der Waals surface area contributed by atoms with Gasteiger partial charge in [-0.05, 0) is 32.1 Å². The van der Waals surface area contributed by atoms with Crippen LogP contribution in [-0.2, 0) is 14.3 Å². The lowest BCUT2D eigenvalue weighted by molar-refractivity contribution is -0.192. The summed E-state index contributed by atoms with van der Waals surface area (Å²) in [4.78, 5) is 23.6. The van der Waals surface area contributed by atoms with E-state index in [0.29, 0.717) is 38.9 Å². The number of hydrogen-bond acceptors (Lipinski definition) is 3. The maximum atomic E-state index is 12.8. The van der Waals surface area contributed by atoms with Crippen LogP contribution >= 0.6 is 0 Å². The first-order valence-electron chi connectivity index (χ1n) is 8.42. The molecule has 0 spiro atoms. The summed E-state index contributed by atoms with van der Waals surface area (Å²) in [6.07, 6.45) is -2.26. The van der Waals surface area contributed by atoms with Crippen LogP contribution in [0.2, 0.25) is 0 Å². The molecule has 2 atom stereocenters. The fraction of sp³-hybridized carbons (Fsp3) is 0.875. The predicted octanol–water partition coefficient (Wildman–Crippen LogP) is 3.23. The van der Waals surface area contributed by atoms with Crippen molar-refractivity contribution < 1.29 is 32.6 Å². The molecule has 1 N–H and O–H groups in total. The van der Waals surface area contributed by atoms with Gasteiger partial charge in [0.15, 0.2) is 0 Å². The number of carbonyl (C=O) groups excluding carboxylic acids is 1. The molecule has 1 heterocycles. The Kier molecular flexibility index (Phi) is 7.99. The van der Waals surface area contributed by atoms with E-state index in [1.807, 2.05) is 0 Å². The highest BCUT2D eigenvalue weighted by Crippen LogP contribution is 2.35. The molecule has 2 rings (SSSR count). The number of carboxylic acid groups (broad SMARTS) is 1. The smallest absolute Gasteiger partial charge is 0.471 e. The Hall–Kier alpha value is -1.31. The molecule has 0 aromatic rings. The first-order chi connectivity index (χ1) is 11.2. The second-order valence-electron chi connectivity index (χ2n) is 6.26. The second-order valence-corrected chi connectivity index (χ2v) is 6.26. The SMILES string of the molecule is CCC.O=C(O)C1CCC(N(C(=O)C(F)(F)F)C2CCOCC2)C1. The highest BCUT2D eigenvalue weighted by atomic mass is 19.4. The van der Waals surface area contributed by atoms with Crippen LogP contribution in [0.25, 0.3) is 0 Å². The Morgan fingerprint density at radius 2 is 1.62 bits per heavy atom. The van der Waals surface area contributed by atoms with Crippen LogP contribution in [0, 0.1) is 5.92 Å². The fourth-order valence-corrected chi connectivity index (χ4v) is 3.17. The van der Waals surface area contributed by atoms with E-state index in [0.717, 1.165) is 4.90 Å². The molecule has 0 radical (unpaired) electrons. The molecule has 24 heavy (non-hydrogen) atoms. The molecule has 5 nitrogen and oxygen atoms in total. The number of halogens is 3. The summed E-state index contributed by atoms with van der Waals surface area (Å²) in [6, 6.07) is -1.17. The van der Waals surface area contributed by atoms with Gasteiger partial charge in [0.25, 0.3) is 0 Å². The first-order valence-corrected chi connectivity index (χ1v) is 8.42. The number of hydrogen-bond donors (Lipinski definition) is 1. The molecule has 2 aliphatic rings. The topological polar surface area (TPSA) is 66.8 Å². The lowest BCUT2D eigenvalue weighted by Crippen LogP contribution is -2.53. The minimum Gasteiger partial charge on any atom is -0.481 e. The highest BCUT2D eigenvalue weighted by molar-refractivity contribution is 5.82. The van der Waals surface area contributed by atoms with Gasteiger partial charge in [-0.25, -0.2) is 0 Å². The van der Waals surface area contributed by atoms with E-state index in [-0.39, 0.29) is 6.42 Å². The number of carbonyl (C=O) groups is 2. The van der Waals surface area contributed by atoms with Gasteiger partial charge in [0.05, 0.1) is 5.92 Å². The van der Waals surface area contributed by atoms with Gasteiger partial charge in [0.1, 0.15) is 0 Å². The van der Waals surface area contributed by atoms with E-state index in [2.05, 4.69) is 13.8 Å². The van der Waals surface area contributed by atoms with E-state index >= 15 is 0 Å². The van der Waals surface area contributed by atoms with E-state index in [1.54, 1.807) is 0 Å². The third-order valence-corrected chi connectivity index (χ3v) is 4.21. The van der Waals surface area contributed by atoms with Crippen molar-refractivity contribution in [1.29, 1.82) is 0 Å². The third kappa shape index (κ3) is 5.65. The van der Waals surface area contributed by atoms with Crippen molar-refractivity contribution >= 4 is 11.9 Å². The number of rotatable bonds is 3. The number of ether oxygens (including phenoxy) is 1. The van der Waals surface area contributed by atoms with Crippen molar-refractivity contribution in [1.82, 2.24) is 4.90 Å². The summed E-state index contributed by atoms with van der Waals surface area (Å²) in [5.41, 5.74) is 0. The largest absolute Gasteiger partial charge is 0.481 e. The van der Waals surface area contributed by atoms with E-state index < -0.39 is 36.1 Å². The minimum absolute atomic E-state index is 0.0918. The predicted molar refractivity (Wildman–Crippen MR) is 81.5 cm³/mol. The number of carboxylic acids is 1. The zero-order valence-electron chi connectivity index (χ0n) is 14.1. The van der Waals surface area contributed by atoms with Crippen LogP contribution in [0.4, 0.5) is 13.2 Å². The van der Waals surface area contributed by atoms with Gasteiger partial charge in [-0.2, -0.15) is 13.2 Å². The summed E-state index contributed by atoms with van der Waals surface area (Å²) in [6.45, 7) is 4.89. The lowest BCUT2D eigenvalue weighted by atomic mass is 10.0. The molecule has 0 aromatic carbocycles. The Labute approximate surface area is 140 Å². The zero-order valence-corrected chi connectivity index (χ0v) is 14.1. The Morgan fingerprint density at radius 1 is 1.08 bits per heavy atom. The van der Waals surface area contributed by atoms with E-state index in [1.165, 1.54) is 6.42 Å². The van der Waals surface area contributed by atoms with Crippen LogP contribution in [0.15, 0.2) is 0 Å². The molecule has 1 saturated carbocycles. The molecule has 1 amide bonds. The first kappa shape index (κ1) is 20.7. The Bertz CT molecular complexity index is 422. The van der Waals surface area contributed by atoms with Crippen molar-refractivity contribution in [2.24, 2.45) is 5.92 Å². The Balaban J connectivity index is 0.000000891. The Morgan fingerprint density at radius 3 is 2.04 bits per heavy atom. The molecule has 0 aromatic heterocycles. The van der Waals surface area contributed by atoms with E-state index in [4.69, 9.17) is 9.84 Å². The normalized spacial score (nSPS) is 24.9. The zero-order chi connectivity index (χ0) is 18.3. The molecule has 2 fully saturated rings. The van der Waals surface area contributed by atoms with Crippen LogP contribution in [-0.4, -0.2) is 53.4 Å². The van der Waals surface area contributed by atoms with Crippen LogP contribution in [0.1, 0.15) is 52.4 Å². The van der Waals surface area contributed by atoms with Gasteiger partial charge in [-0.15, -0.1) is 0 Å². The van der Waals surface area contributed by atoms with Gasteiger partial charge in [-0.3, -0.25) is 9.59 Å². The van der Waals surface area contributed by atoms with Gasteiger partial charge < -0.3 is 14.7 Å². The lowest BCUT2D eigenvalue weighted by Gasteiger charge is -2.38. The van der Waals surface area contributed by atoms with Crippen molar-refractivity contribution in [3.8, 4) is 0 Å². The van der Waals surface area contributed by atoms with Crippen LogP contribution in [0.5, 0.6) is 0 Å². The van der Waals surface area contributed by atoms with Gasteiger partial charge in [0.2, 0.25) is 0 Å². The molecule has 8 heteroatoms. The molecular formula is C16H26F3NO4. The molecule has 140 valence electrons. The number of aliphatic carboxylic acids is 1. The van der Waals surface area contributed by atoms with Crippen molar-refractivity contribution in [3.63, 3.8) is 0 Å². The number of alkyl halides is 3. The maximum absolute atomic E-state index is 12.8. The monoisotopic (exact) mass is 353 g/mol. The van der Waals surface area contributed by atoms with Gasteiger partial charge >= 0.3 is 18.1 Å². The average Bonchev–Trinajstić information content (AvgIpc) is 2.98.